The molecule has 0 atom stereocenters. The number of aromatic nitrogens is 4. The Morgan fingerprint density at radius 3 is 2.64 bits per heavy atom. The fourth-order valence-corrected chi connectivity index (χ4v) is 1.91. The first kappa shape index (κ1) is 13.6. The maximum atomic E-state index is 8.91. The molecule has 0 saturated carbocycles. The minimum Gasteiger partial charge on any atom is -0.339 e. The third-order valence-electron chi connectivity index (χ3n) is 2.86. The third-order valence-corrected chi connectivity index (χ3v) is 2.86. The number of hydrogen-bond donors (Lipinski definition) is 3. The summed E-state index contributed by atoms with van der Waals surface area (Å²) in [4.78, 5) is 8.54. The molecule has 7 nitrogen and oxygen atoms in total. The van der Waals surface area contributed by atoms with Gasteiger partial charge in [-0.2, -0.15) is 10.4 Å². The van der Waals surface area contributed by atoms with Crippen LogP contribution in [0.4, 0.5) is 23.1 Å². The predicted molar refractivity (Wildman–Crippen MR) is 83.1 cm³/mol. The number of H-pyrrole nitrogens is 1. The first-order valence-corrected chi connectivity index (χ1v) is 6.61. The van der Waals surface area contributed by atoms with Gasteiger partial charge in [-0.05, 0) is 25.1 Å². The number of benzene rings is 1. The highest BCUT2D eigenvalue weighted by molar-refractivity contribution is 5.60. The molecule has 3 N–H and O–H groups in total. The van der Waals surface area contributed by atoms with Gasteiger partial charge in [0.05, 0.1) is 24.0 Å². The first-order valence-electron chi connectivity index (χ1n) is 6.61. The molecule has 0 fully saturated rings. The molecule has 0 aliphatic heterocycles. The van der Waals surface area contributed by atoms with E-state index in [9.17, 15) is 0 Å². The average molecular weight is 291 g/mol. The molecular weight excluding hydrogens is 278 g/mol. The van der Waals surface area contributed by atoms with E-state index in [0.717, 1.165) is 11.4 Å². The first-order chi connectivity index (χ1) is 10.7. The van der Waals surface area contributed by atoms with Gasteiger partial charge in [-0.25, -0.2) is 4.98 Å². The lowest BCUT2D eigenvalue weighted by atomic mass is 10.2. The summed E-state index contributed by atoms with van der Waals surface area (Å²) >= 11 is 0. The van der Waals surface area contributed by atoms with Gasteiger partial charge in [-0.3, -0.25) is 10.1 Å². The zero-order valence-corrected chi connectivity index (χ0v) is 11.8. The Morgan fingerprint density at radius 2 is 1.91 bits per heavy atom. The zero-order valence-electron chi connectivity index (χ0n) is 11.8. The lowest BCUT2D eigenvalue weighted by Crippen LogP contribution is -1.99. The molecule has 3 rings (SSSR count). The van der Waals surface area contributed by atoms with E-state index in [4.69, 9.17) is 5.26 Å². The monoisotopic (exact) mass is 291 g/mol. The van der Waals surface area contributed by atoms with Crippen LogP contribution in [-0.4, -0.2) is 20.2 Å². The highest BCUT2D eigenvalue weighted by atomic mass is 15.2. The van der Waals surface area contributed by atoms with Crippen LogP contribution in [-0.2, 0) is 0 Å². The molecule has 0 spiro atoms. The molecule has 0 bridgehead atoms. The van der Waals surface area contributed by atoms with Crippen molar-refractivity contribution in [1.82, 2.24) is 20.2 Å². The van der Waals surface area contributed by atoms with Crippen molar-refractivity contribution in [1.29, 1.82) is 5.26 Å². The van der Waals surface area contributed by atoms with E-state index >= 15 is 0 Å². The molecule has 0 aliphatic carbocycles. The number of aryl methyl sites for hydroxylation is 1. The summed E-state index contributed by atoms with van der Waals surface area (Å²) in [5.74, 6) is 1.83. The van der Waals surface area contributed by atoms with E-state index in [1.54, 1.807) is 24.5 Å². The molecule has 0 amide bonds. The Balaban J connectivity index is 1.77. The second-order valence-corrected chi connectivity index (χ2v) is 4.67. The van der Waals surface area contributed by atoms with Crippen molar-refractivity contribution in [3.05, 3.63) is 54.0 Å². The number of aromatic amines is 1. The van der Waals surface area contributed by atoms with E-state index in [2.05, 4.69) is 36.9 Å². The van der Waals surface area contributed by atoms with Crippen LogP contribution >= 0.6 is 0 Å². The van der Waals surface area contributed by atoms with Gasteiger partial charge < -0.3 is 10.6 Å². The molecule has 0 saturated heterocycles. The van der Waals surface area contributed by atoms with Crippen LogP contribution < -0.4 is 10.6 Å². The van der Waals surface area contributed by atoms with Gasteiger partial charge >= 0.3 is 0 Å². The molecule has 0 unspecified atom stereocenters. The highest BCUT2D eigenvalue weighted by Crippen LogP contribution is 2.18. The van der Waals surface area contributed by atoms with E-state index in [-0.39, 0.29) is 0 Å². The summed E-state index contributed by atoms with van der Waals surface area (Å²) in [5.41, 5.74) is 2.32. The molecule has 3 aromatic rings. The van der Waals surface area contributed by atoms with E-state index in [1.165, 1.54) is 0 Å². The molecule has 22 heavy (non-hydrogen) atoms. The Kier molecular flexibility index (Phi) is 3.66. The second kappa shape index (κ2) is 5.93. The fourth-order valence-electron chi connectivity index (χ4n) is 1.91. The molecule has 2 heterocycles. The molecule has 108 valence electrons. The summed E-state index contributed by atoms with van der Waals surface area (Å²) in [6, 6.07) is 11.1. The Bertz CT molecular complexity index is 832. The van der Waals surface area contributed by atoms with Gasteiger partial charge in [0.2, 0.25) is 0 Å². The van der Waals surface area contributed by atoms with Crippen molar-refractivity contribution >= 4 is 23.1 Å². The van der Waals surface area contributed by atoms with Crippen LogP contribution in [0.2, 0.25) is 0 Å². The topological polar surface area (TPSA) is 102 Å². The van der Waals surface area contributed by atoms with Crippen LogP contribution in [0.5, 0.6) is 0 Å². The molecular formula is C15H13N7. The van der Waals surface area contributed by atoms with Crippen molar-refractivity contribution < 1.29 is 0 Å². The fraction of sp³-hybridized carbons (Fsp3) is 0.0667. The van der Waals surface area contributed by atoms with E-state index in [0.29, 0.717) is 23.0 Å². The molecule has 2 aromatic heterocycles. The van der Waals surface area contributed by atoms with Crippen molar-refractivity contribution in [2.24, 2.45) is 0 Å². The van der Waals surface area contributed by atoms with Gasteiger partial charge in [0, 0.05) is 17.4 Å². The largest absolute Gasteiger partial charge is 0.339 e. The van der Waals surface area contributed by atoms with Gasteiger partial charge in [0.25, 0.3) is 0 Å². The smallest absolute Gasteiger partial charge is 0.153 e. The maximum absolute atomic E-state index is 8.91. The minimum absolute atomic E-state index is 0.576. The number of rotatable bonds is 4. The van der Waals surface area contributed by atoms with E-state index in [1.807, 2.05) is 25.1 Å². The quantitative estimate of drug-likeness (QED) is 0.683. The predicted octanol–water partition coefficient (Wildman–Crippen LogP) is 2.87. The second-order valence-electron chi connectivity index (χ2n) is 4.67. The lowest BCUT2D eigenvalue weighted by molar-refractivity contribution is 1.05. The molecule has 0 aliphatic rings. The zero-order chi connectivity index (χ0) is 15.4. The standard InChI is InChI=1S/C15H13N7/c1-10-5-13(22-21-10)19-15-9-17-8-14(20-15)18-12-4-2-3-11(6-12)7-16/h2-6,8-9H,1H3,(H3,18,19,20,21,22). The molecule has 1 aromatic carbocycles. The lowest BCUT2D eigenvalue weighted by Gasteiger charge is -2.07. The highest BCUT2D eigenvalue weighted by Gasteiger charge is 2.03. The van der Waals surface area contributed by atoms with Crippen LogP contribution in [0.25, 0.3) is 0 Å². The van der Waals surface area contributed by atoms with Crippen molar-refractivity contribution in [2.75, 3.05) is 10.6 Å². The summed E-state index contributed by atoms with van der Waals surface area (Å²) in [5, 5.41) is 22.0. The Morgan fingerprint density at radius 1 is 1.09 bits per heavy atom. The van der Waals surface area contributed by atoms with E-state index < -0.39 is 0 Å². The van der Waals surface area contributed by atoms with Gasteiger partial charge in [-0.15, -0.1) is 0 Å². The average Bonchev–Trinajstić information content (AvgIpc) is 2.93. The molecule has 7 heteroatoms. The molecule has 0 radical (unpaired) electrons. The minimum atomic E-state index is 0.576. The van der Waals surface area contributed by atoms with Crippen LogP contribution in [0.15, 0.2) is 42.7 Å². The number of nitrogens with one attached hydrogen (secondary N) is 3. The normalized spacial score (nSPS) is 10.0. The van der Waals surface area contributed by atoms with Gasteiger partial charge in [0.15, 0.2) is 17.5 Å². The van der Waals surface area contributed by atoms with Crippen LogP contribution in [0.3, 0.4) is 0 Å². The summed E-state index contributed by atoms with van der Waals surface area (Å²) < 4.78 is 0. The summed E-state index contributed by atoms with van der Waals surface area (Å²) in [6.07, 6.45) is 3.22. The van der Waals surface area contributed by atoms with Gasteiger partial charge in [-0.1, -0.05) is 6.07 Å². The van der Waals surface area contributed by atoms with Crippen molar-refractivity contribution in [2.45, 2.75) is 6.92 Å². The number of anilines is 4. The Hall–Kier alpha value is -3.40. The van der Waals surface area contributed by atoms with Gasteiger partial charge in [0.1, 0.15) is 0 Å². The van der Waals surface area contributed by atoms with Crippen molar-refractivity contribution in [3.8, 4) is 6.07 Å². The SMILES string of the molecule is Cc1cc(Nc2cncc(Nc3cccc(C#N)c3)n2)n[nH]1. The summed E-state index contributed by atoms with van der Waals surface area (Å²) in [6.45, 7) is 1.92. The number of nitrogens with zero attached hydrogens (tertiary/aromatic N) is 4. The third kappa shape index (κ3) is 3.19. The maximum Gasteiger partial charge on any atom is 0.153 e. The van der Waals surface area contributed by atoms with Crippen molar-refractivity contribution in [3.63, 3.8) is 0 Å². The van der Waals surface area contributed by atoms with Crippen LogP contribution in [0, 0.1) is 18.3 Å². The van der Waals surface area contributed by atoms with Crippen LogP contribution in [0.1, 0.15) is 11.3 Å². The number of hydrogen-bond acceptors (Lipinski definition) is 6. The Labute approximate surface area is 127 Å². The number of nitriles is 1. The summed E-state index contributed by atoms with van der Waals surface area (Å²) in [7, 11) is 0.